The molecule has 6 nitrogen and oxygen atoms in total. The highest BCUT2D eigenvalue weighted by Gasteiger charge is 2.16. The van der Waals surface area contributed by atoms with E-state index in [9.17, 15) is 13.2 Å². The summed E-state index contributed by atoms with van der Waals surface area (Å²) < 4.78 is 27.9. The van der Waals surface area contributed by atoms with E-state index in [2.05, 4.69) is 10.0 Å². The number of rotatable bonds is 6. The Labute approximate surface area is 216 Å². The Morgan fingerprint density at radius 2 is 1.43 bits per heavy atom. The molecule has 5 rings (SSSR count). The van der Waals surface area contributed by atoms with Crippen LogP contribution in [0.5, 0.6) is 0 Å². The molecule has 1 amide bonds. The molecule has 0 aliphatic rings. The summed E-state index contributed by atoms with van der Waals surface area (Å²) in [7, 11) is -3.71. The Morgan fingerprint density at radius 3 is 2.16 bits per heavy atom. The maximum absolute atomic E-state index is 13.4. The summed E-state index contributed by atoms with van der Waals surface area (Å²) in [6.07, 6.45) is 0. The lowest BCUT2D eigenvalue weighted by molar-refractivity contribution is 0.102. The molecule has 4 aromatic carbocycles. The van der Waals surface area contributed by atoms with Gasteiger partial charge < -0.3 is 5.32 Å². The standard InChI is InChI=1S/C30H25N3O3S/c1-20-10-16-25(17-11-20)37(35,36)33-24-14-12-23(13-15-24)31-30(34)27-19-29(22-7-5-6-21(2)18-22)32-28-9-4-3-8-26(27)28/h3-19,33H,1-2H3,(H,31,34). The molecule has 2 N–H and O–H groups in total. The summed E-state index contributed by atoms with van der Waals surface area (Å²) in [4.78, 5) is 18.3. The third-order valence-corrected chi connectivity index (χ3v) is 7.40. The highest BCUT2D eigenvalue weighted by atomic mass is 32.2. The molecule has 0 radical (unpaired) electrons. The zero-order chi connectivity index (χ0) is 26.0. The Bertz CT molecular complexity index is 1710. The van der Waals surface area contributed by atoms with Gasteiger partial charge in [-0.2, -0.15) is 0 Å². The van der Waals surface area contributed by atoms with Crippen LogP contribution in [0.2, 0.25) is 0 Å². The molecular formula is C30H25N3O3S. The third-order valence-electron chi connectivity index (χ3n) is 6.00. The van der Waals surface area contributed by atoms with Gasteiger partial charge in [-0.15, -0.1) is 0 Å². The molecule has 0 atom stereocenters. The van der Waals surface area contributed by atoms with Crippen LogP contribution >= 0.6 is 0 Å². The molecule has 1 aromatic heterocycles. The minimum Gasteiger partial charge on any atom is -0.322 e. The fraction of sp³-hybridized carbons (Fsp3) is 0.0667. The number of sulfonamides is 1. The van der Waals surface area contributed by atoms with Crippen LogP contribution in [0.1, 0.15) is 21.5 Å². The van der Waals surface area contributed by atoms with E-state index in [1.54, 1.807) is 54.6 Å². The Kier molecular flexibility index (Phi) is 6.46. The first kappa shape index (κ1) is 24.2. The maximum Gasteiger partial charge on any atom is 0.261 e. The molecule has 0 unspecified atom stereocenters. The number of nitrogens with one attached hydrogen (secondary N) is 2. The summed E-state index contributed by atoms with van der Waals surface area (Å²) in [5.41, 5.74) is 5.91. The zero-order valence-corrected chi connectivity index (χ0v) is 21.2. The molecule has 0 fully saturated rings. The Hall–Kier alpha value is -4.49. The molecule has 7 heteroatoms. The molecule has 0 bridgehead atoms. The highest BCUT2D eigenvalue weighted by Crippen LogP contribution is 2.27. The van der Waals surface area contributed by atoms with Crippen molar-refractivity contribution in [1.29, 1.82) is 0 Å². The third kappa shape index (κ3) is 5.37. The van der Waals surface area contributed by atoms with Gasteiger partial charge in [0.25, 0.3) is 15.9 Å². The number of aromatic nitrogens is 1. The Morgan fingerprint density at radius 1 is 0.730 bits per heavy atom. The lowest BCUT2D eigenvalue weighted by atomic mass is 10.0. The number of aryl methyl sites for hydroxylation is 2. The Balaban J connectivity index is 1.39. The number of fused-ring (bicyclic) bond motifs is 1. The van der Waals surface area contributed by atoms with Crippen LogP contribution < -0.4 is 10.0 Å². The van der Waals surface area contributed by atoms with Gasteiger partial charge in [0.15, 0.2) is 0 Å². The number of hydrogen-bond donors (Lipinski definition) is 2. The maximum atomic E-state index is 13.4. The summed E-state index contributed by atoms with van der Waals surface area (Å²) >= 11 is 0. The first-order chi connectivity index (χ1) is 17.8. The molecule has 0 aliphatic carbocycles. The van der Waals surface area contributed by atoms with Crippen molar-refractivity contribution in [2.45, 2.75) is 18.7 Å². The first-order valence-electron chi connectivity index (χ1n) is 11.8. The minimum atomic E-state index is -3.71. The second kappa shape index (κ2) is 9.87. The molecule has 0 spiro atoms. The van der Waals surface area contributed by atoms with Crippen molar-refractivity contribution in [2.24, 2.45) is 0 Å². The van der Waals surface area contributed by atoms with Crippen LogP contribution in [0.15, 0.2) is 108 Å². The molecule has 0 aliphatic heterocycles. The largest absolute Gasteiger partial charge is 0.322 e. The van der Waals surface area contributed by atoms with Crippen molar-refractivity contribution < 1.29 is 13.2 Å². The van der Waals surface area contributed by atoms with Crippen molar-refractivity contribution in [3.05, 3.63) is 120 Å². The number of nitrogens with zero attached hydrogens (tertiary/aromatic N) is 1. The number of para-hydroxylation sites is 1. The van der Waals surface area contributed by atoms with Crippen molar-refractivity contribution in [3.8, 4) is 11.3 Å². The van der Waals surface area contributed by atoms with Gasteiger partial charge in [-0.25, -0.2) is 13.4 Å². The molecule has 184 valence electrons. The second-order valence-electron chi connectivity index (χ2n) is 8.89. The van der Waals surface area contributed by atoms with Crippen LogP contribution in [0, 0.1) is 13.8 Å². The second-order valence-corrected chi connectivity index (χ2v) is 10.6. The van der Waals surface area contributed by atoms with Gasteiger partial charge in [0.2, 0.25) is 0 Å². The number of carbonyl (C=O) groups is 1. The number of hydrogen-bond acceptors (Lipinski definition) is 4. The predicted octanol–water partition coefficient (Wildman–Crippen LogP) is 6.57. The van der Waals surface area contributed by atoms with E-state index in [4.69, 9.17) is 4.98 Å². The summed E-state index contributed by atoms with van der Waals surface area (Å²) in [5, 5.41) is 3.67. The van der Waals surface area contributed by atoms with Gasteiger partial charge in [-0.1, -0.05) is 59.7 Å². The van der Waals surface area contributed by atoms with Crippen LogP contribution in [-0.4, -0.2) is 19.3 Å². The number of anilines is 2. The van der Waals surface area contributed by atoms with Gasteiger partial charge >= 0.3 is 0 Å². The first-order valence-corrected chi connectivity index (χ1v) is 13.2. The number of carbonyl (C=O) groups excluding carboxylic acids is 1. The van der Waals surface area contributed by atoms with Gasteiger partial charge in [0.1, 0.15) is 0 Å². The van der Waals surface area contributed by atoms with E-state index in [0.717, 1.165) is 27.6 Å². The van der Waals surface area contributed by atoms with Gasteiger partial charge in [-0.3, -0.25) is 9.52 Å². The number of benzene rings is 4. The molecule has 5 aromatic rings. The quantitative estimate of drug-likeness (QED) is 0.272. The average molecular weight is 508 g/mol. The van der Waals surface area contributed by atoms with Crippen LogP contribution in [0.25, 0.3) is 22.2 Å². The van der Waals surface area contributed by atoms with E-state index < -0.39 is 10.0 Å². The topological polar surface area (TPSA) is 88.2 Å². The lowest BCUT2D eigenvalue weighted by Gasteiger charge is -2.12. The molecule has 1 heterocycles. The van der Waals surface area contributed by atoms with Crippen molar-refractivity contribution in [3.63, 3.8) is 0 Å². The normalized spacial score (nSPS) is 11.3. The minimum absolute atomic E-state index is 0.185. The zero-order valence-electron chi connectivity index (χ0n) is 20.4. The van der Waals surface area contributed by atoms with Crippen LogP contribution in [0.3, 0.4) is 0 Å². The van der Waals surface area contributed by atoms with Crippen LogP contribution in [0.4, 0.5) is 11.4 Å². The monoisotopic (exact) mass is 507 g/mol. The lowest BCUT2D eigenvalue weighted by Crippen LogP contribution is -2.14. The van der Waals surface area contributed by atoms with E-state index in [0.29, 0.717) is 22.6 Å². The van der Waals surface area contributed by atoms with Gasteiger partial charge in [0.05, 0.1) is 21.7 Å². The summed E-state index contributed by atoms with van der Waals surface area (Å²) in [6, 6.07) is 30.5. The van der Waals surface area contributed by atoms with E-state index in [1.165, 1.54) is 0 Å². The number of amides is 1. The number of pyridine rings is 1. The average Bonchev–Trinajstić information content (AvgIpc) is 2.89. The van der Waals surface area contributed by atoms with Crippen LogP contribution in [-0.2, 0) is 10.0 Å². The predicted molar refractivity (Wildman–Crippen MR) is 148 cm³/mol. The van der Waals surface area contributed by atoms with Gasteiger partial charge in [0, 0.05) is 22.3 Å². The van der Waals surface area contributed by atoms with E-state index in [-0.39, 0.29) is 10.8 Å². The van der Waals surface area contributed by atoms with Gasteiger partial charge in [-0.05, 0) is 68.4 Å². The van der Waals surface area contributed by atoms with E-state index >= 15 is 0 Å². The summed E-state index contributed by atoms with van der Waals surface area (Å²) in [5.74, 6) is -0.277. The smallest absolute Gasteiger partial charge is 0.261 e. The molecule has 0 saturated carbocycles. The molecular weight excluding hydrogens is 482 g/mol. The van der Waals surface area contributed by atoms with E-state index in [1.807, 2.05) is 62.4 Å². The fourth-order valence-corrected chi connectivity index (χ4v) is 5.13. The van der Waals surface area contributed by atoms with Crippen molar-refractivity contribution in [2.75, 3.05) is 10.0 Å². The summed E-state index contributed by atoms with van der Waals surface area (Å²) in [6.45, 7) is 3.91. The molecule has 0 saturated heterocycles. The highest BCUT2D eigenvalue weighted by molar-refractivity contribution is 7.92. The van der Waals surface area contributed by atoms with Crippen molar-refractivity contribution in [1.82, 2.24) is 4.98 Å². The van der Waals surface area contributed by atoms with Crippen molar-refractivity contribution >= 4 is 38.2 Å². The fourth-order valence-electron chi connectivity index (χ4n) is 4.07. The molecule has 37 heavy (non-hydrogen) atoms. The SMILES string of the molecule is Cc1ccc(S(=O)(=O)Nc2ccc(NC(=O)c3cc(-c4cccc(C)c4)nc4ccccc34)cc2)cc1.